The third-order valence-corrected chi connectivity index (χ3v) is 8.63. The Hall–Kier alpha value is -2.90. The van der Waals surface area contributed by atoms with E-state index in [-0.39, 0.29) is 11.5 Å². The summed E-state index contributed by atoms with van der Waals surface area (Å²) in [6, 6.07) is 11.6. The maximum atomic E-state index is 15.6. The van der Waals surface area contributed by atoms with Crippen LogP contribution in [0.3, 0.4) is 0 Å². The van der Waals surface area contributed by atoms with Gasteiger partial charge in [0, 0.05) is 55.1 Å². The molecule has 2 atom stereocenters. The fourth-order valence-electron chi connectivity index (χ4n) is 6.45. The second-order valence-corrected chi connectivity index (χ2v) is 10.7. The summed E-state index contributed by atoms with van der Waals surface area (Å²) in [7, 11) is 1.69. The van der Waals surface area contributed by atoms with Crippen molar-refractivity contribution >= 4 is 16.9 Å². The van der Waals surface area contributed by atoms with E-state index in [0.29, 0.717) is 6.42 Å². The number of aromatic carboxylic acids is 1. The number of methoxy groups -OCH3 is 1. The largest absolute Gasteiger partial charge is 0.497 e. The molecule has 6 nitrogen and oxygen atoms in total. The monoisotopic (exact) mass is 521 g/mol. The van der Waals surface area contributed by atoms with Crippen molar-refractivity contribution in [3.8, 4) is 17.0 Å². The van der Waals surface area contributed by atoms with Crippen molar-refractivity contribution in [2.45, 2.75) is 64.7 Å². The number of fused-ring (bicyclic) bond motifs is 5. The first-order valence-electron chi connectivity index (χ1n) is 14.1. The van der Waals surface area contributed by atoms with Gasteiger partial charge in [-0.05, 0) is 67.4 Å². The zero-order chi connectivity index (χ0) is 26.8. The summed E-state index contributed by atoms with van der Waals surface area (Å²) < 4.78 is 23.4. The Morgan fingerprint density at radius 3 is 2.61 bits per heavy atom. The van der Waals surface area contributed by atoms with Crippen LogP contribution in [0.15, 0.2) is 36.4 Å². The summed E-state index contributed by atoms with van der Waals surface area (Å²) >= 11 is 0. The Kier molecular flexibility index (Phi) is 8.05. The van der Waals surface area contributed by atoms with Gasteiger partial charge in [-0.3, -0.25) is 4.90 Å². The van der Waals surface area contributed by atoms with E-state index in [4.69, 9.17) is 4.74 Å². The van der Waals surface area contributed by atoms with Crippen molar-refractivity contribution in [2.24, 2.45) is 0 Å². The van der Waals surface area contributed by atoms with Crippen LogP contribution in [0.25, 0.3) is 22.2 Å². The van der Waals surface area contributed by atoms with Crippen molar-refractivity contribution in [2.75, 3.05) is 39.8 Å². The van der Waals surface area contributed by atoms with Gasteiger partial charge in [0.25, 0.3) is 0 Å². The Morgan fingerprint density at radius 1 is 1.11 bits per heavy atom. The highest BCUT2D eigenvalue weighted by Crippen LogP contribution is 2.47. The standard InChI is InChI=1S/C31H40FN3O3/c1-4-33(5-2)14-15-34-16-17-35-28-19-21(31(36)37)10-12-26(28)29(25-8-6-7-9-27(25)32)30(35)24-13-11-23(38-3)18-22(24)20-34/h10-13,18-19,25,27H,4-9,14-17,20H2,1-3H3,(H,36,37)/t25-,27-/m0/s1. The number of rotatable bonds is 8. The van der Waals surface area contributed by atoms with Crippen LogP contribution >= 0.6 is 0 Å². The first-order valence-corrected chi connectivity index (χ1v) is 14.1. The molecule has 38 heavy (non-hydrogen) atoms. The van der Waals surface area contributed by atoms with Crippen LogP contribution in [0, 0.1) is 0 Å². The first-order chi connectivity index (χ1) is 18.4. The molecule has 0 radical (unpaired) electrons. The Labute approximate surface area is 225 Å². The lowest BCUT2D eigenvalue weighted by Gasteiger charge is -2.32. The zero-order valence-corrected chi connectivity index (χ0v) is 22.9. The number of carbonyl (C=O) groups is 1. The average Bonchev–Trinajstić information content (AvgIpc) is 3.23. The van der Waals surface area contributed by atoms with Crippen LogP contribution in [0.1, 0.15) is 66.9 Å². The molecule has 2 aromatic carbocycles. The molecular weight excluding hydrogens is 481 g/mol. The predicted molar refractivity (Wildman–Crippen MR) is 150 cm³/mol. The average molecular weight is 522 g/mol. The molecule has 0 saturated heterocycles. The quantitative estimate of drug-likeness (QED) is 0.384. The van der Waals surface area contributed by atoms with Gasteiger partial charge in [-0.2, -0.15) is 0 Å². The molecular formula is C31H40FN3O3. The molecule has 1 saturated carbocycles. The van der Waals surface area contributed by atoms with Crippen molar-refractivity contribution in [3.05, 3.63) is 53.1 Å². The Bertz CT molecular complexity index is 1300. The summed E-state index contributed by atoms with van der Waals surface area (Å²) in [5.74, 6) is -0.320. The normalized spacial score (nSPS) is 20.1. The smallest absolute Gasteiger partial charge is 0.335 e. The van der Waals surface area contributed by atoms with E-state index in [0.717, 1.165) is 98.5 Å². The highest BCUT2D eigenvalue weighted by Gasteiger charge is 2.34. The molecule has 0 unspecified atom stereocenters. The van der Waals surface area contributed by atoms with Crippen LogP contribution in [0.2, 0.25) is 0 Å². The summed E-state index contributed by atoms with van der Waals surface area (Å²) in [4.78, 5) is 16.8. The molecule has 204 valence electrons. The molecule has 0 amide bonds. The summed E-state index contributed by atoms with van der Waals surface area (Å²) in [5, 5.41) is 10.8. The summed E-state index contributed by atoms with van der Waals surface area (Å²) in [5.41, 5.74) is 5.52. The highest BCUT2D eigenvalue weighted by atomic mass is 19.1. The maximum Gasteiger partial charge on any atom is 0.335 e. The molecule has 1 aliphatic heterocycles. The molecule has 0 spiro atoms. The molecule has 2 aliphatic rings. The summed E-state index contributed by atoms with van der Waals surface area (Å²) in [6.45, 7) is 10.7. The maximum absolute atomic E-state index is 15.6. The molecule has 3 aromatic rings. The number of benzene rings is 2. The van der Waals surface area contributed by atoms with E-state index in [2.05, 4.69) is 40.3 Å². The SMILES string of the molecule is CCN(CC)CCN1CCn2c(c([C@H]3CCCC[C@@H]3F)c3ccc(C(=O)O)cc32)-c2ccc(OC)cc2C1. The third kappa shape index (κ3) is 5.06. The van der Waals surface area contributed by atoms with Gasteiger partial charge in [0.2, 0.25) is 0 Å². The van der Waals surface area contributed by atoms with Gasteiger partial charge in [-0.15, -0.1) is 0 Å². The number of ether oxygens (including phenoxy) is 1. The van der Waals surface area contributed by atoms with Gasteiger partial charge in [0.15, 0.2) is 0 Å². The predicted octanol–water partition coefficient (Wildman–Crippen LogP) is 6.17. The van der Waals surface area contributed by atoms with E-state index >= 15 is 4.39 Å². The molecule has 5 rings (SSSR count). The minimum absolute atomic E-state index is 0.189. The van der Waals surface area contributed by atoms with Crippen molar-refractivity contribution in [1.29, 1.82) is 0 Å². The van der Waals surface area contributed by atoms with Gasteiger partial charge in [-0.25, -0.2) is 9.18 Å². The lowest BCUT2D eigenvalue weighted by atomic mass is 9.80. The fraction of sp³-hybridized carbons (Fsp3) is 0.516. The Balaban J connectivity index is 1.70. The second kappa shape index (κ2) is 11.5. The number of alkyl halides is 1. The molecule has 1 N–H and O–H groups in total. The van der Waals surface area contributed by atoms with Crippen LogP contribution < -0.4 is 4.74 Å². The van der Waals surface area contributed by atoms with E-state index in [1.165, 1.54) is 5.56 Å². The molecule has 7 heteroatoms. The second-order valence-electron chi connectivity index (χ2n) is 10.7. The van der Waals surface area contributed by atoms with Crippen molar-refractivity contribution < 1.29 is 19.0 Å². The lowest BCUT2D eigenvalue weighted by molar-refractivity contribution is 0.0697. The van der Waals surface area contributed by atoms with Gasteiger partial charge in [0.05, 0.1) is 18.4 Å². The van der Waals surface area contributed by atoms with E-state index in [1.54, 1.807) is 19.2 Å². The molecule has 1 aromatic heterocycles. The van der Waals surface area contributed by atoms with Crippen molar-refractivity contribution in [3.63, 3.8) is 0 Å². The number of aromatic nitrogens is 1. The Morgan fingerprint density at radius 2 is 1.89 bits per heavy atom. The van der Waals surface area contributed by atoms with E-state index in [1.807, 2.05) is 12.1 Å². The third-order valence-electron chi connectivity index (χ3n) is 8.63. The number of hydrogen-bond acceptors (Lipinski definition) is 4. The number of likely N-dealkylation sites (N-methyl/N-ethyl adjacent to an activating group) is 1. The first kappa shape index (κ1) is 26.7. The van der Waals surface area contributed by atoms with Gasteiger partial charge in [-0.1, -0.05) is 32.8 Å². The molecule has 1 aliphatic carbocycles. The molecule has 1 fully saturated rings. The van der Waals surface area contributed by atoms with E-state index in [9.17, 15) is 9.90 Å². The van der Waals surface area contributed by atoms with Gasteiger partial charge < -0.3 is 19.3 Å². The van der Waals surface area contributed by atoms with Crippen LogP contribution in [0.5, 0.6) is 5.75 Å². The molecule has 2 heterocycles. The number of halogens is 1. The minimum Gasteiger partial charge on any atom is -0.497 e. The number of carboxylic acids is 1. The molecule has 0 bridgehead atoms. The van der Waals surface area contributed by atoms with Crippen LogP contribution in [-0.2, 0) is 13.1 Å². The number of nitrogens with zero attached hydrogens (tertiary/aromatic N) is 3. The van der Waals surface area contributed by atoms with E-state index < -0.39 is 12.1 Å². The summed E-state index contributed by atoms with van der Waals surface area (Å²) in [6.07, 6.45) is 2.44. The van der Waals surface area contributed by atoms with Crippen LogP contribution in [0.4, 0.5) is 4.39 Å². The number of hydrogen-bond donors (Lipinski definition) is 1. The van der Waals surface area contributed by atoms with Gasteiger partial charge in [0.1, 0.15) is 11.9 Å². The van der Waals surface area contributed by atoms with Gasteiger partial charge >= 0.3 is 5.97 Å². The fourth-order valence-corrected chi connectivity index (χ4v) is 6.45. The topological polar surface area (TPSA) is 57.9 Å². The van der Waals surface area contributed by atoms with Crippen LogP contribution in [-0.4, -0.2) is 71.4 Å². The lowest BCUT2D eigenvalue weighted by Crippen LogP contribution is -2.37. The zero-order valence-electron chi connectivity index (χ0n) is 22.9. The minimum atomic E-state index is -0.943. The van der Waals surface area contributed by atoms with Crippen molar-refractivity contribution in [1.82, 2.24) is 14.4 Å². The highest BCUT2D eigenvalue weighted by molar-refractivity contribution is 5.98. The number of carboxylic acid groups (broad SMARTS) is 1.